The standard InChI is InChI=1S/C9H14N2S/c1-7-3-4-11-9(5-7)12-8(2)6-10/h3-5,8H,6,10H2,1-2H3. The van der Waals surface area contributed by atoms with Gasteiger partial charge in [0.15, 0.2) is 0 Å². The minimum absolute atomic E-state index is 0.444. The first kappa shape index (κ1) is 9.55. The number of nitrogens with zero attached hydrogens (tertiary/aromatic N) is 1. The molecule has 1 aromatic rings. The third-order valence-corrected chi connectivity index (χ3v) is 2.60. The average molecular weight is 182 g/mol. The number of aromatic nitrogens is 1. The third kappa shape index (κ3) is 2.83. The molecule has 2 N–H and O–H groups in total. The first-order valence-electron chi connectivity index (χ1n) is 4.01. The second kappa shape index (κ2) is 4.48. The van der Waals surface area contributed by atoms with Crippen molar-refractivity contribution in [3.05, 3.63) is 23.9 Å². The average Bonchev–Trinajstić information content (AvgIpc) is 2.04. The topological polar surface area (TPSA) is 38.9 Å². The highest BCUT2D eigenvalue weighted by atomic mass is 32.2. The van der Waals surface area contributed by atoms with E-state index in [-0.39, 0.29) is 0 Å². The lowest BCUT2D eigenvalue weighted by Gasteiger charge is -2.06. The van der Waals surface area contributed by atoms with Gasteiger partial charge in [0, 0.05) is 18.0 Å². The molecule has 1 rings (SSSR count). The molecule has 0 aromatic carbocycles. The molecule has 0 bridgehead atoms. The molecule has 0 aliphatic carbocycles. The number of hydrogen-bond donors (Lipinski definition) is 1. The molecule has 0 saturated carbocycles. The Balaban J connectivity index is 2.63. The van der Waals surface area contributed by atoms with Gasteiger partial charge in [0.25, 0.3) is 0 Å². The Morgan fingerprint density at radius 3 is 3.00 bits per heavy atom. The van der Waals surface area contributed by atoms with Gasteiger partial charge in [-0.25, -0.2) is 4.98 Å². The summed E-state index contributed by atoms with van der Waals surface area (Å²) in [4.78, 5) is 4.23. The lowest BCUT2D eigenvalue weighted by atomic mass is 10.3. The van der Waals surface area contributed by atoms with Crippen LogP contribution in [0.1, 0.15) is 12.5 Å². The summed E-state index contributed by atoms with van der Waals surface area (Å²) in [6.07, 6.45) is 1.83. The van der Waals surface area contributed by atoms with Crippen molar-refractivity contribution in [3.63, 3.8) is 0 Å². The highest BCUT2D eigenvalue weighted by molar-refractivity contribution is 7.99. The minimum Gasteiger partial charge on any atom is -0.329 e. The molecule has 12 heavy (non-hydrogen) atoms. The van der Waals surface area contributed by atoms with Gasteiger partial charge >= 0.3 is 0 Å². The maximum atomic E-state index is 5.51. The van der Waals surface area contributed by atoms with Crippen LogP contribution < -0.4 is 5.73 Å². The van der Waals surface area contributed by atoms with E-state index in [0.717, 1.165) is 5.03 Å². The summed E-state index contributed by atoms with van der Waals surface area (Å²) in [6.45, 7) is 4.87. The van der Waals surface area contributed by atoms with E-state index in [4.69, 9.17) is 5.73 Å². The molecule has 1 atom stereocenters. The van der Waals surface area contributed by atoms with Gasteiger partial charge in [0.2, 0.25) is 0 Å². The lowest BCUT2D eigenvalue weighted by Crippen LogP contribution is -2.12. The van der Waals surface area contributed by atoms with Crippen LogP contribution in [0.4, 0.5) is 0 Å². The Kier molecular flexibility index (Phi) is 3.56. The number of nitrogens with two attached hydrogens (primary N) is 1. The van der Waals surface area contributed by atoms with Gasteiger partial charge in [-0.3, -0.25) is 0 Å². The summed E-state index contributed by atoms with van der Waals surface area (Å²) in [7, 11) is 0. The van der Waals surface area contributed by atoms with Gasteiger partial charge in [-0.2, -0.15) is 0 Å². The second-order valence-corrected chi connectivity index (χ2v) is 4.29. The zero-order valence-corrected chi connectivity index (χ0v) is 8.27. The molecule has 3 heteroatoms. The SMILES string of the molecule is Cc1ccnc(SC(C)CN)c1. The molecule has 0 aliphatic rings. The molecule has 0 spiro atoms. The summed E-state index contributed by atoms with van der Waals surface area (Å²) in [5, 5.41) is 1.51. The van der Waals surface area contributed by atoms with Crippen molar-refractivity contribution in [1.82, 2.24) is 4.98 Å². The first-order chi connectivity index (χ1) is 5.72. The predicted octanol–water partition coefficient (Wildman–Crippen LogP) is 1.83. The normalized spacial score (nSPS) is 12.9. The van der Waals surface area contributed by atoms with Crippen LogP contribution in [0.2, 0.25) is 0 Å². The van der Waals surface area contributed by atoms with E-state index in [9.17, 15) is 0 Å². The number of pyridine rings is 1. The van der Waals surface area contributed by atoms with Crippen molar-refractivity contribution in [2.24, 2.45) is 5.73 Å². The van der Waals surface area contributed by atoms with E-state index in [1.165, 1.54) is 5.56 Å². The Bertz CT molecular complexity index is 250. The number of hydrogen-bond acceptors (Lipinski definition) is 3. The number of thioether (sulfide) groups is 1. The molecule has 1 heterocycles. The van der Waals surface area contributed by atoms with Crippen LogP contribution >= 0.6 is 11.8 Å². The summed E-state index contributed by atoms with van der Waals surface area (Å²) in [5.41, 5.74) is 6.76. The van der Waals surface area contributed by atoms with Crippen LogP contribution in [0.5, 0.6) is 0 Å². The monoisotopic (exact) mass is 182 g/mol. The molecule has 66 valence electrons. The molecule has 1 unspecified atom stereocenters. The van der Waals surface area contributed by atoms with E-state index in [2.05, 4.69) is 24.9 Å². The maximum Gasteiger partial charge on any atom is 0.0965 e. The number of aryl methyl sites for hydroxylation is 1. The first-order valence-corrected chi connectivity index (χ1v) is 4.89. The highest BCUT2D eigenvalue weighted by Gasteiger charge is 2.02. The fourth-order valence-corrected chi connectivity index (χ4v) is 1.71. The summed E-state index contributed by atoms with van der Waals surface area (Å²) in [6, 6.07) is 4.08. The molecule has 0 fully saturated rings. The van der Waals surface area contributed by atoms with Crippen molar-refractivity contribution in [3.8, 4) is 0 Å². The zero-order chi connectivity index (χ0) is 8.97. The highest BCUT2D eigenvalue weighted by Crippen LogP contribution is 2.20. The molecular formula is C9H14N2S. The van der Waals surface area contributed by atoms with E-state index < -0.39 is 0 Å². The van der Waals surface area contributed by atoms with E-state index in [1.54, 1.807) is 11.8 Å². The van der Waals surface area contributed by atoms with Crippen LogP contribution in [-0.2, 0) is 0 Å². The molecule has 0 saturated heterocycles. The summed E-state index contributed by atoms with van der Waals surface area (Å²) in [5.74, 6) is 0. The van der Waals surface area contributed by atoms with Gasteiger partial charge < -0.3 is 5.73 Å². The van der Waals surface area contributed by atoms with Crippen LogP contribution in [0.3, 0.4) is 0 Å². The number of rotatable bonds is 3. The van der Waals surface area contributed by atoms with Crippen LogP contribution in [0.25, 0.3) is 0 Å². The van der Waals surface area contributed by atoms with Gasteiger partial charge in [-0.15, -0.1) is 11.8 Å². The van der Waals surface area contributed by atoms with E-state index in [1.807, 2.05) is 12.3 Å². The van der Waals surface area contributed by atoms with Gasteiger partial charge in [-0.1, -0.05) is 6.92 Å². The Morgan fingerprint density at radius 1 is 1.67 bits per heavy atom. The molecule has 0 radical (unpaired) electrons. The van der Waals surface area contributed by atoms with Crippen molar-refractivity contribution < 1.29 is 0 Å². The zero-order valence-electron chi connectivity index (χ0n) is 7.45. The van der Waals surface area contributed by atoms with Gasteiger partial charge in [-0.05, 0) is 24.6 Å². The Hall–Kier alpha value is -0.540. The summed E-state index contributed by atoms with van der Waals surface area (Å²) < 4.78 is 0. The largest absolute Gasteiger partial charge is 0.329 e. The van der Waals surface area contributed by atoms with E-state index >= 15 is 0 Å². The third-order valence-electron chi connectivity index (χ3n) is 1.54. The lowest BCUT2D eigenvalue weighted by molar-refractivity contribution is 0.944. The van der Waals surface area contributed by atoms with Crippen molar-refractivity contribution in [1.29, 1.82) is 0 Å². The van der Waals surface area contributed by atoms with Crippen molar-refractivity contribution >= 4 is 11.8 Å². The molecular weight excluding hydrogens is 168 g/mol. The van der Waals surface area contributed by atoms with Gasteiger partial charge in [0.05, 0.1) is 5.03 Å². The Morgan fingerprint density at radius 2 is 2.42 bits per heavy atom. The quantitative estimate of drug-likeness (QED) is 0.725. The molecule has 2 nitrogen and oxygen atoms in total. The van der Waals surface area contributed by atoms with E-state index in [0.29, 0.717) is 11.8 Å². The van der Waals surface area contributed by atoms with Crippen LogP contribution in [0, 0.1) is 6.92 Å². The molecule has 0 aliphatic heterocycles. The Labute approximate surface area is 77.6 Å². The smallest absolute Gasteiger partial charge is 0.0965 e. The maximum absolute atomic E-state index is 5.51. The molecule has 0 amide bonds. The predicted molar refractivity (Wildman–Crippen MR) is 53.3 cm³/mol. The fraction of sp³-hybridized carbons (Fsp3) is 0.444. The van der Waals surface area contributed by atoms with Crippen molar-refractivity contribution in [2.75, 3.05) is 6.54 Å². The second-order valence-electron chi connectivity index (χ2n) is 2.84. The fourth-order valence-electron chi connectivity index (χ4n) is 0.827. The van der Waals surface area contributed by atoms with Crippen LogP contribution in [0.15, 0.2) is 23.4 Å². The van der Waals surface area contributed by atoms with Crippen LogP contribution in [-0.4, -0.2) is 16.8 Å². The minimum atomic E-state index is 0.444. The summed E-state index contributed by atoms with van der Waals surface area (Å²) >= 11 is 1.72. The molecule has 1 aromatic heterocycles. The van der Waals surface area contributed by atoms with Crippen molar-refractivity contribution in [2.45, 2.75) is 24.1 Å². The van der Waals surface area contributed by atoms with Gasteiger partial charge in [0.1, 0.15) is 0 Å².